The molecule has 1 aromatic heterocycles. The highest BCUT2D eigenvalue weighted by molar-refractivity contribution is 7.14. The summed E-state index contributed by atoms with van der Waals surface area (Å²) in [6, 6.07) is 4.85. The Labute approximate surface area is 126 Å². The normalized spacial score (nSPS) is 12.1. The molecule has 0 saturated heterocycles. The van der Waals surface area contributed by atoms with Crippen molar-refractivity contribution >= 4 is 17.3 Å². The Morgan fingerprint density at radius 1 is 1.43 bits per heavy atom. The molecular weight excluding hydrogens is 290 g/mol. The second kappa shape index (κ2) is 6.69. The second-order valence-electron chi connectivity index (χ2n) is 4.77. The first kappa shape index (κ1) is 15.5. The molecule has 21 heavy (non-hydrogen) atoms. The minimum atomic E-state index is -1.01. The van der Waals surface area contributed by atoms with E-state index in [9.17, 15) is 9.90 Å². The number of aromatic nitrogens is 1. The summed E-state index contributed by atoms with van der Waals surface area (Å²) in [5.74, 6) is -0.538. The Bertz CT molecular complexity index is 638. The maximum atomic E-state index is 11.2. The van der Waals surface area contributed by atoms with Gasteiger partial charge in [-0.3, -0.25) is 0 Å². The van der Waals surface area contributed by atoms with Crippen LogP contribution in [0.5, 0.6) is 5.75 Å². The number of ether oxygens (including phenoxy) is 1. The summed E-state index contributed by atoms with van der Waals surface area (Å²) in [6.07, 6.45) is 2.05. The van der Waals surface area contributed by atoms with Gasteiger partial charge < -0.3 is 14.9 Å². The highest BCUT2D eigenvalue weighted by Crippen LogP contribution is 2.30. The zero-order valence-electron chi connectivity index (χ0n) is 11.9. The third-order valence-corrected chi connectivity index (χ3v) is 3.86. The number of aliphatic hydroxyl groups excluding tert-OH is 1. The minimum absolute atomic E-state index is 0.0261. The van der Waals surface area contributed by atoms with E-state index in [1.165, 1.54) is 17.4 Å². The molecule has 5 nitrogen and oxygen atoms in total. The number of rotatable bonds is 6. The van der Waals surface area contributed by atoms with E-state index < -0.39 is 5.97 Å². The number of nitrogens with zero attached hydrogens (tertiary/aromatic N) is 1. The first-order chi connectivity index (χ1) is 9.99. The van der Waals surface area contributed by atoms with Crippen molar-refractivity contribution in [1.82, 2.24) is 4.98 Å². The quantitative estimate of drug-likeness (QED) is 0.857. The van der Waals surface area contributed by atoms with E-state index >= 15 is 0 Å². The molecule has 1 aromatic carbocycles. The number of aliphatic hydroxyl groups is 1. The third-order valence-electron chi connectivity index (χ3n) is 2.89. The number of benzene rings is 1. The van der Waals surface area contributed by atoms with Crippen molar-refractivity contribution in [3.05, 3.63) is 34.8 Å². The Hall–Kier alpha value is -1.92. The smallest absolute Gasteiger partial charge is 0.335 e. The SMILES string of the molecule is Cc1cnc(-c2cc(OC(C)CCO)cc(C(=O)O)c2)s1. The van der Waals surface area contributed by atoms with Gasteiger partial charge in [-0.1, -0.05) is 0 Å². The molecule has 112 valence electrons. The molecular formula is C15H17NO4S. The van der Waals surface area contributed by atoms with Crippen molar-refractivity contribution in [2.75, 3.05) is 6.61 Å². The predicted molar refractivity (Wildman–Crippen MR) is 81.0 cm³/mol. The molecule has 2 N–H and O–H groups in total. The Morgan fingerprint density at radius 3 is 2.76 bits per heavy atom. The van der Waals surface area contributed by atoms with E-state index in [0.717, 1.165) is 15.4 Å². The lowest BCUT2D eigenvalue weighted by molar-refractivity contribution is 0.0695. The largest absolute Gasteiger partial charge is 0.491 e. The Morgan fingerprint density at radius 2 is 2.19 bits per heavy atom. The summed E-state index contributed by atoms with van der Waals surface area (Å²) in [5, 5.41) is 18.9. The van der Waals surface area contributed by atoms with Crippen molar-refractivity contribution < 1.29 is 19.7 Å². The molecule has 0 aliphatic rings. The van der Waals surface area contributed by atoms with Gasteiger partial charge >= 0.3 is 5.97 Å². The van der Waals surface area contributed by atoms with E-state index in [0.29, 0.717) is 12.2 Å². The molecule has 2 aromatic rings. The van der Waals surface area contributed by atoms with Gasteiger partial charge in [0.25, 0.3) is 0 Å². The molecule has 0 aliphatic carbocycles. The van der Waals surface area contributed by atoms with Crippen molar-refractivity contribution in [2.24, 2.45) is 0 Å². The van der Waals surface area contributed by atoms with E-state index in [-0.39, 0.29) is 18.3 Å². The first-order valence-electron chi connectivity index (χ1n) is 6.58. The number of hydrogen-bond acceptors (Lipinski definition) is 5. The fourth-order valence-electron chi connectivity index (χ4n) is 1.88. The van der Waals surface area contributed by atoms with Crippen molar-refractivity contribution in [3.63, 3.8) is 0 Å². The van der Waals surface area contributed by atoms with Gasteiger partial charge in [-0.15, -0.1) is 11.3 Å². The van der Waals surface area contributed by atoms with Crippen LogP contribution in [-0.2, 0) is 0 Å². The molecule has 0 spiro atoms. The summed E-state index contributed by atoms with van der Waals surface area (Å²) in [4.78, 5) is 16.6. The lowest BCUT2D eigenvalue weighted by Crippen LogP contribution is -2.13. The van der Waals surface area contributed by atoms with E-state index in [2.05, 4.69) is 4.98 Å². The molecule has 0 saturated carbocycles. The van der Waals surface area contributed by atoms with Crippen LogP contribution in [0.1, 0.15) is 28.6 Å². The number of carbonyl (C=O) groups is 1. The standard InChI is InChI=1S/C15H17NO4S/c1-9(3-4-17)20-13-6-11(5-12(7-13)15(18)19)14-16-8-10(2)21-14/h5-9,17H,3-4H2,1-2H3,(H,18,19). The number of carboxylic acids is 1. The summed E-state index contributed by atoms with van der Waals surface area (Å²) < 4.78 is 5.67. The van der Waals surface area contributed by atoms with Crippen LogP contribution >= 0.6 is 11.3 Å². The third kappa shape index (κ3) is 4.03. The van der Waals surface area contributed by atoms with Crippen LogP contribution in [0.3, 0.4) is 0 Å². The number of aromatic carboxylic acids is 1. The molecule has 0 bridgehead atoms. The number of aryl methyl sites for hydroxylation is 1. The van der Waals surface area contributed by atoms with Crippen LogP contribution in [0.25, 0.3) is 10.6 Å². The fraction of sp³-hybridized carbons (Fsp3) is 0.333. The van der Waals surface area contributed by atoms with E-state index in [4.69, 9.17) is 9.84 Å². The number of hydrogen-bond donors (Lipinski definition) is 2. The van der Waals surface area contributed by atoms with E-state index in [1.54, 1.807) is 18.3 Å². The summed E-state index contributed by atoms with van der Waals surface area (Å²) in [6.45, 7) is 3.80. The first-order valence-corrected chi connectivity index (χ1v) is 7.40. The van der Waals surface area contributed by atoms with Crippen LogP contribution in [0.4, 0.5) is 0 Å². The molecule has 1 atom stereocenters. The summed E-state index contributed by atoms with van der Waals surface area (Å²) >= 11 is 1.50. The molecule has 2 rings (SSSR count). The summed E-state index contributed by atoms with van der Waals surface area (Å²) in [7, 11) is 0. The highest BCUT2D eigenvalue weighted by Gasteiger charge is 2.13. The Kier molecular flexibility index (Phi) is 4.93. The van der Waals surface area contributed by atoms with Crippen LogP contribution in [0.15, 0.2) is 24.4 Å². The van der Waals surface area contributed by atoms with Crippen LogP contribution in [-0.4, -0.2) is 33.9 Å². The molecule has 0 radical (unpaired) electrons. The van der Waals surface area contributed by atoms with E-state index in [1.807, 2.05) is 13.8 Å². The lowest BCUT2D eigenvalue weighted by Gasteiger charge is -2.14. The number of carboxylic acid groups (broad SMARTS) is 1. The molecule has 0 aliphatic heterocycles. The second-order valence-corrected chi connectivity index (χ2v) is 6.00. The maximum absolute atomic E-state index is 11.2. The average molecular weight is 307 g/mol. The van der Waals surface area contributed by atoms with Gasteiger partial charge in [0.2, 0.25) is 0 Å². The van der Waals surface area contributed by atoms with Crippen LogP contribution in [0.2, 0.25) is 0 Å². The highest BCUT2D eigenvalue weighted by atomic mass is 32.1. The van der Waals surface area contributed by atoms with Gasteiger partial charge in [0.1, 0.15) is 10.8 Å². The fourth-order valence-corrected chi connectivity index (χ4v) is 2.63. The van der Waals surface area contributed by atoms with Crippen molar-refractivity contribution in [1.29, 1.82) is 0 Å². The maximum Gasteiger partial charge on any atom is 0.335 e. The number of thiazole rings is 1. The molecule has 1 unspecified atom stereocenters. The zero-order chi connectivity index (χ0) is 15.4. The monoisotopic (exact) mass is 307 g/mol. The van der Waals surface area contributed by atoms with Gasteiger partial charge in [0.15, 0.2) is 0 Å². The Balaban J connectivity index is 2.36. The zero-order valence-corrected chi connectivity index (χ0v) is 12.7. The molecule has 0 fully saturated rings. The molecule has 0 amide bonds. The average Bonchev–Trinajstić information content (AvgIpc) is 2.85. The van der Waals surface area contributed by atoms with Crippen molar-refractivity contribution in [3.8, 4) is 16.3 Å². The van der Waals surface area contributed by atoms with Gasteiger partial charge in [0.05, 0.1) is 11.7 Å². The van der Waals surface area contributed by atoms with Crippen LogP contribution in [0, 0.1) is 6.92 Å². The molecule has 6 heteroatoms. The predicted octanol–water partition coefficient (Wildman–Crippen LogP) is 2.97. The minimum Gasteiger partial charge on any atom is -0.491 e. The van der Waals surface area contributed by atoms with Gasteiger partial charge in [0, 0.05) is 29.7 Å². The lowest BCUT2D eigenvalue weighted by atomic mass is 10.1. The van der Waals surface area contributed by atoms with Gasteiger partial charge in [-0.2, -0.15) is 0 Å². The van der Waals surface area contributed by atoms with Crippen molar-refractivity contribution in [2.45, 2.75) is 26.4 Å². The topological polar surface area (TPSA) is 79.7 Å². The van der Waals surface area contributed by atoms with Crippen LogP contribution < -0.4 is 4.74 Å². The van der Waals surface area contributed by atoms with Gasteiger partial charge in [-0.25, -0.2) is 9.78 Å². The molecule has 1 heterocycles. The summed E-state index contributed by atoms with van der Waals surface area (Å²) in [5.41, 5.74) is 0.880. The van der Waals surface area contributed by atoms with Gasteiger partial charge in [-0.05, 0) is 32.0 Å².